The molecular weight excluding hydrogens is 256 g/mol. The van der Waals surface area contributed by atoms with Gasteiger partial charge in [-0.15, -0.1) is 0 Å². The molecule has 5 nitrogen and oxygen atoms in total. The van der Waals surface area contributed by atoms with Gasteiger partial charge in [-0.25, -0.2) is 0 Å². The smallest absolute Gasteiger partial charge is 0.249 e. The van der Waals surface area contributed by atoms with E-state index in [1.165, 1.54) is 0 Å². The van der Waals surface area contributed by atoms with Gasteiger partial charge in [0.2, 0.25) is 5.91 Å². The first kappa shape index (κ1) is 15.0. The SMILES string of the molecule is CC(CO)(NC(=O)C1CCC(CN)O1)c1ccccc1. The van der Waals surface area contributed by atoms with Gasteiger partial charge in [0.05, 0.1) is 18.2 Å². The molecule has 1 amide bonds. The Balaban J connectivity index is 2.05. The summed E-state index contributed by atoms with van der Waals surface area (Å²) in [5, 5.41) is 12.5. The van der Waals surface area contributed by atoms with Crippen molar-refractivity contribution in [1.82, 2.24) is 5.32 Å². The second kappa shape index (κ2) is 6.35. The fraction of sp³-hybridized carbons (Fsp3) is 0.533. The molecule has 20 heavy (non-hydrogen) atoms. The summed E-state index contributed by atoms with van der Waals surface area (Å²) in [6.07, 6.45) is 0.959. The molecule has 5 heteroatoms. The van der Waals surface area contributed by atoms with Crippen molar-refractivity contribution in [2.75, 3.05) is 13.2 Å². The van der Waals surface area contributed by atoms with E-state index in [9.17, 15) is 9.90 Å². The second-order valence-electron chi connectivity index (χ2n) is 5.41. The number of benzene rings is 1. The summed E-state index contributed by atoms with van der Waals surface area (Å²) >= 11 is 0. The Labute approximate surface area is 119 Å². The zero-order valence-electron chi connectivity index (χ0n) is 11.7. The molecule has 110 valence electrons. The van der Waals surface area contributed by atoms with Crippen molar-refractivity contribution >= 4 is 5.91 Å². The molecule has 1 aliphatic rings. The number of aliphatic hydroxyl groups is 1. The van der Waals surface area contributed by atoms with Crippen molar-refractivity contribution in [3.63, 3.8) is 0 Å². The van der Waals surface area contributed by atoms with Gasteiger partial charge in [-0.3, -0.25) is 4.79 Å². The van der Waals surface area contributed by atoms with E-state index in [0.717, 1.165) is 12.0 Å². The molecule has 1 aliphatic heterocycles. The van der Waals surface area contributed by atoms with Crippen LogP contribution in [0.15, 0.2) is 30.3 Å². The molecule has 3 unspecified atom stereocenters. The van der Waals surface area contributed by atoms with Gasteiger partial charge in [0, 0.05) is 6.54 Å². The van der Waals surface area contributed by atoms with Crippen LogP contribution in [0.1, 0.15) is 25.3 Å². The average molecular weight is 278 g/mol. The third-order valence-corrected chi connectivity index (χ3v) is 3.79. The molecule has 1 saturated heterocycles. The van der Waals surface area contributed by atoms with Crippen LogP contribution in [-0.2, 0) is 15.1 Å². The quantitative estimate of drug-likeness (QED) is 0.733. The third-order valence-electron chi connectivity index (χ3n) is 3.79. The van der Waals surface area contributed by atoms with Crippen molar-refractivity contribution in [3.05, 3.63) is 35.9 Å². The summed E-state index contributed by atoms with van der Waals surface area (Å²) in [7, 11) is 0. The molecule has 0 aliphatic carbocycles. The van der Waals surface area contributed by atoms with Gasteiger partial charge < -0.3 is 20.9 Å². The minimum absolute atomic E-state index is 0.0390. The van der Waals surface area contributed by atoms with E-state index in [-0.39, 0.29) is 18.6 Å². The summed E-state index contributed by atoms with van der Waals surface area (Å²) in [6.45, 7) is 2.06. The highest BCUT2D eigenvalue weighted by Gasteiger charge is 2.35. The van der Waals surface area contributed by atoms with Crippen LogP contribution in [0.4, 0.5) is 0 Å². The average Bonchev–Trinajstić information content (AvgIpc) is 2.97. The second-order valence-corrected chi connectivity index (χ2v) is 5.41. The van der Waals surface area contributed by atoms with Crippen LogP contribution in [0.3, 0.4) is 0 Å². The minimum Gasteiger partial charge on any atom is -0.394 e. The number of carbonyl (C=O) groups is 1. The summed E-state index contributed by atoms with van der Waals surface area (Å²) in [6, 6.07) is 9.43. The number of aliphatic hydroxyl groups excluding tert-OH is 1. The van der Waals surface area contributed by atoms with E-state index in [1.807, 2.05) is 30.3 Å². The monoisotopic (exact) mass is 278 g/mol. The number of carbonyl (C=O) groups excluding carboxylic acids is 1. The summed E-state index contributed by atoms with van der Waals surface area (Å²) < 4.78 is 5.58. The maximum atomic E-state index is 12.3. The molecule has 4 N–H and O–H groups in total. The number of hydrogen-bond acceptors (Lipinski definition) is 4. The van der Waals surface area contributed by atoms with Gasteiger partial charge in [0.25, 0.3) is 0 Å². The first-order chi connectivity index (χ1) is 9.59. The lowest BCUT2D eigenvalue weighted by Gasteiger charge is -2.30. The molecule has 0 spiro atoms. The number of hydrogen-bond donors (Lipinski definition) is 3. The van der Waals surface area contributed by atoms with Crippen LogP contribution in [0, 0.1) is 0 Å². The fourth-order valence-electron chi connectivity index (χ4n) is 2.43. The molecule has 0 aromatic heterocycles. The van der Waals surface area contributed by atoms with Crippen LogP contribution in [0.25, 0.3) is 0 Å². The van der Waals surface area contributed by atoms with E-state index in [1.54, 1.807) is 6.92 Å². The first-order valence-corrected chi connectivity index (χ1v) is 6.93. The maximum absolute atomic E-state index is 12.3. The van der Waals surface area contributed by atoms with Crippen LogP contribution in [0.2, 0.25) is 0 Å². The fourth-order valence-corrected chi connectivity index (χ4v) is 2.43. The van der Waals surface area contributed by atoms with Gasteiger partial charge in [-0.1, -0.05) is 30.3 Å². The number of nitrogens with one attached hydrogen (secondary N) is 1. The van der Waals surface area contributed by atoms with Crippen LogP contribution < -0.4 is 11.1 Å². The predicted octanol–water partition coefficient (Wildman–Crippen LogP) is 0.517. The molecule has 1 heterocycles. The van der Waals surface area contributed by atoms with Crippen LogP contribution >= 0.6 is 0 Å². The Morgan fingerprint density at radius 3 is 2.70 bits per heavy atom. The highest BCUT2D eigenvalue weighted by Crippen LogP contribution is 2.23. The van der Waals surface area contributed by atoms with Gasteiger partial charge in [-0.05, 0) is 25.3 Å². The molecule has 1 aromatic rings. The topological polar surface area (TPSA) is 84.6 Å². The van der Waals surface area contributed by atoms with E-state index in [0.29, 0.717) is 13.0 Å². The van der Waals surface area contributed by atoms with Gasteiger partial charge in [0.1, 0.15) is 6.10 Å². The lowest BCUT2D eigenvalue weighted by Crippen LogP contribution is -2.50. The molecule has 0 radical (unpaired) electrons. The number of rotatable bonds is 5. The summed E-state index contributed by atoms with van der Waals surface area (Å²) in [5.74, 6) is -0.193. The number of amides is 1. The van der Waals surface area contributed by atoms with E-state index < -0.39 is 11.6 Å². The molecular formula is C15H22N2O3. The zero-order valence-corrected chi connectivity index (χ0v) is 11.7. The van der Waals surface area contributed by atoms with Crippen molar-refractivity contribution in [2.45, 2.75) is 37.5 Å². The van der Waals surface area contributed by atoms with Crippen molar-refractivity contribution in [1.29, 1.82) is 0 Å². The molecule has 0 saturated carbocycles. The van der Waals surface area contributed by atoms with Crippen LogP contribution in [0.5, 0.6) is 0 Å². The zero-order chi connectivity index (χ0) is 14.6. The predicted molar refractivity (Wildman–Crippen MR) is 76.0 cm³/mol. The number of nitrogens with two attached hydrogens (primary N) is 1. The maximum Gasteiger partial charge on any atom is 0.249 e. The molecule has 1 fully saturated rings. The normalized spacial score (nSPS) is 25.1. The minimum atomic E-state index is -0.803. The molecule has 3 atom stereocenters. The van der Waals surface area contributed by atoms with Crippen molar-refractivity contribution < 1.29 is 14.6 Å². The largest absolute Gasteiger partial charge is 0.394 e. The first-order valence-electron chi connectivity index (χ1n) is 6.93. The van der Waals surface area contributed by atoms with Crippen LogP contribution in [-0.4, -0.2) is 36.4 Å². The van der Waals surface area contributed by atoms with Gasteiger partial charge in [-0.2, -0.15) is 0 Å². The standard InChI is InChI=1S/C15H22N2O3/c1-15(10-18,11-5-3-2-4-6-11)17-14(19)13-8-7-12(9-16)20-13/h2-6,12-13,18H,7-10,16H2,1H3,(H,17,19). The Kier molecular flexibility index (Phi) is 4.75. The molecule has 2 rings (SSSR count). The lowest BCUT2D eigenvalue weighted by molar-refractivity contribution is -0.134. The van der Waals surface area contributed by atoms with E-state index in [4.69, 9.17) is 10.5 Å². The Bertz CT molecular complexity index is 452. The summed E-state index contributed by atoms with van der Waals surface area (Å²) in [5.41, 5.74) is 5.61. The van der Waals surface area contributed by atoms with E-state index >= 15 is 0 Å². The summed E-state index contributed by atoms with van der Waals surface area (Å²) in [4.78, 5) is 12.3. The van der Waals surface area contributed by atoms with Crippen molar-refractivity contribution in [2.24, 2.45) is 5.73 Å². The van der Waals surface area contributed by atoms with Gasteiger partial charge in [0.15, 0.2) is 0 Å². The Morgan fingerprint density at radius 2 is 2.15 bits per heavy atom. The lowest BCUT2D eigenvalue weighted by atomic mass is 9.92. The van der Waals surface area contributed by atoms with E-state index in [2.05, 4.69) is 5.32 Å². The Morgan fingerprint density at radius 1 is 1.45 bits per heavy atom. The highest BCUT2D eigenvalue weighted by molar-refractivity contribution is 5.82. The number of ether oxygens (including phenoxy) is 1. The van der Waals surface area contributed by atoms with Crippen molar-refractivity contribution in [3.8, 4) is 0 Å². The third kappa shape index (κ3) is 3.17. The van der Waals surface area contributed by atoms with Gasteiger partial charge >= 0.3 is 0 Å². The molecule has 0 bridgehead atoms. The highest BCUT2D eigenvalue weighted by atomic mass is 16.5. The molecule has 1 aromatic carbocycles. The Hall–Kier alpha value is -1.43.